The third-order valence-electron chi connectivity index (χ3n) is 6.55. The van der Waals surface area contributed by atoms with Crippen LogP contribution in [0.1, 0.15) is 48.1 Å². The third-order valence-corrected chi connectivity index (χ3v) is 6.55. The number of aryl methyl sites for hydroxylation is 3. The van der Waals surface area contributed by atoms with Crippen molar-refractivity contribution in [3.05, 3.63) is 101 Å². The largest absolute Gasteiger partial charge is 0.484 e. The summed E-state index contributed by atoms with van der Waals surface area (Å²) >= 11 is 0. The van der Waals surface area contributed by atoms with E-state index in [0.717, 1.165) is 28.7 Å². The van der Waals surface area contributed by atoms with E-state index in [1.165, 1.54) is 5.56 Å². The topological polar surface area (TPSA) is 58.6 Å². The van der Waals surface area contributed by atoms with Crippen molar-refractivity contribution in [3.8, 4) is 5.75 Å². The van der Waals surface area contributed by atoms with Crippen LogP contribution >= 0.6 is 0 Å². The second kappa shape index (κ2) is 12.9. The highest BCUT2D eigenvalue weighted by Crippen LogP contribution is 2.19. The number of hydrogen-bond donors (Lipinski definition) is 1. The zero-order valence-corrected chi connectivity index (χ0v) is 22.1. The number of rotatable bonds is 11. The minimum Gasteiger partial charge on any atom is -0.484 e. The van der Waals surface area contributed by atoms with E-state index in [1.54, 1.807) is 4.90 Å². The Kier molecular flexibility index (Phi) is 9.69. The molecule has 0 fully saturated rings. The zero-order valence-electron chi connectivity index (χ0n) is 22.1. The number of ether oxygens (including phenoxy) is 1. The molecule has 3 rings (SSSR count). The first kappa shape index (κ1) is 27.0. The lowest BCUT2D eigenvalue weighted by molar-refractivity contribution is -0.143. The van der Waals surface area contributed by atoms with Crippen molar-refractivity contribution in [2.24, 2.45) is 0 Å². The Morgan fingerprint density at radius 2 is 1.61 bits per heavy atom. The van der Waals surface area contributed by atoms with E-state index in [9.17, 15) is 9.59 Å². The number of nitrogens with one attached hydrogen (secondary N) is 1. The molecule has 0 aliphatic carbocycles. The van der Waals surface area contributed by atoms with Gasteiger partial charge >= 0.3 is 0 Å². The summed E-state index contributed by atoms with van der Waals surface area (Å²) in [5.41, 5.74) is 5.35. The Morgan fingerprint density at radius 1 is 0.889 bits per heavy atom. The average Bonchev–Trinajstić information content (AvgIpc) is 2.87. The van der Waals surface area contributed by atoms with Crippen molar-refractivity contribution in [1.29, 1.82) is 0 Å². The van der Waals surface area contributed by atoms with Crippen LogP contribution in [0.5, 0.6) is 5.75 Å². The molecule has 0 saturated carbocycles. The van der Waals surface area contributed by atoms with Gasteiger partial charge in [0.15, 0.2) is 6.61 Å². The molecule has 1 N–H and O–H groups in total. The van der Waals surface area contributed by atoms with Gasteiger partial charge in [-0.05, 0) is 68.5 Å². The molecule has 0 saturated heterocycles. The SMILES string of the molecule is CC[C@H](C)NC(=O)[C@H](Cc1ccccc1)N(Cc1cccc(C)c1)C(=O)COc1ccc(C)c(C)c1. The van der Waals surface area contributed by atoms with Crippen LogP contribution in [-0.2, 0) is 22.6 Å². The second-order valence-electron chi connectivity index (χ2n) is 9.57. The maximum Gasteiger partial charge on any atom is 0.261 e. The number of amides is 2. The predicted octanol–water partition coefficient (Wildman–Crippen LogP) is 5.55. The van der Waals surface area contributed by atoms with Crippen LogP contribution in [0, 0.1) is 20.8 Å². The van der Waals surface area contributed by atoms with Crippen LogP contribution < -0.4 is 10.1 Å². The van der Waals surface area contributed by atoms with Crippen LogP contribution in [0.2, 0.25) is 0 Å². The Hall–Kier alpha value is -3.60. The van der Waals surface area contributed by atoms with E-state index in [1.807, 2.05) is 101 Å². The van der Waals surface area contributed by atoms with Gasteiger partial charge in [-0.2, -0.15) is 0 Å². The van der Waals surface area contributed by atoms with Crippen molar-refractivity contribution in [2.75, 3.05) is 6.61 Å². The smallest absolute Gasteiger partial charge is 0.261 e. The first-order chi connectivity index (χ1) is 17.3. The highest BCUT2D eigenvalue weighted by Gasteiger charge is 2.31. The molecule has 0 unspecified atom stereocenters. The molecule has 0 aliphatic rings. The maximum atomic E-state index is 13.7. The van der Waals surface area contributed by atoms with E-state index in [-0.39, 0.29) is 24.5 Å². The van der Waals surface area contributed by atoms with Crippen molar-refractivity contribution in [3.63, 3.8) is 0 Å². The van der Waals surface area contributed by atoms with Gasteiger partial charge in [0.05, 0.1) is 0 Å². The summed E-state index contributed by atoms with van der Waals surface area (Å²) in [4.78, 5) is 28.9. The molecule has 5 nitrogen and oxygen atoms in total. The number of nitrogens with zero attached hydrogens (tertiary/aromatic N) is 1. The molecule has 2 amide bonds. The van der Waals surface area contributed by atoms with Crippen LogP contribution in [0.3, 0.4) is 0 Å². The number of benzene rings is 3. The minimum atomic E-state index is -0.669. The summed E-state index contributed by atoms with van der Waals surface area (Å²) < 4.78 is 5.91. The molecule has 3 aromatic carbocycles. The summed E-state index contributed by atoms with van der Waals surface area (Å²) in [6.07, 6.45) is 1.23. The normalized spacial score (nSPS) is 12.5. The van der Waals surface area contributed by atoms with Gasteiger partial charge in [-0.25, -0.2) is 0 Å². The van der Waals surface area contributed by atoms with E-state index in [4.69, 9.17) is 4.74 Å². The summed E-state index contributed by atoms with van der Waals surface area (Å²) in [7, 11) is 0. The van der Waals surface area contributed by atoms with Crippen molar-refractivity contribution < 1.29 is 14.3 Å². The molecule has 3 aromatic rings. The van der Waals surface area contributed by atoms with Gasteiger partial charge in [0.2, 0.25) is 5.91 Å². The van der Waals surface area contributed by atoms with Gasteiger partial charge < -0.3 is 15.0 Å². The molecule has 36 heavy (non-hydrogen) atoms. The fraction of sp³-hybridized carbons (Fsp3) is 0.355. The van der Waals surface area contributed by atoms with Gasteiger partial charge in [-0.1, -0.05) is 73.2 Å². The van der Waals surface area contributed by atoms with Gasteiger partial charge in [0.25, 0.3) is 5.91 Å². The third kappa shape index (κ3) is 7.70. The molecule has 190 valence electrons. The molecular formula is C31H38N2O3. The lowest BCUT2D eigenvalue weighted by atomic mass is 10.0. The molecule has 2 atom stereocenters. The Bertz CT molecular complexity index is 1160. The molecule has 0 aliphatic heterocycles. The summed E-state index contributed by atoms with van der Waals surface area (Å²) in [6, 6.07) is 23.0. The van der Waals surface area contributed by atoms with Crippen molar-refractivity contribution in [1.82, 2.24) is 10.2 Å². The molecule has 0 aromatic heterocycles. The van der Waals surface area contributed by atoms with Gasteiger partial charge in [0.1, 0.15) is 11.8 Å². The fourth-order valence-electron chi connectivity index (χ4n) is 4.03. The monoisotopic (exact) mass is 486 g/mol. The molecule has 0 heterocycles. The standard InChI is InChI=1S/C31H38N2O3/c1-6-25(5)32-31(35)29(19-26-12-8-7-9-13-26)33(20-27-14-10-11-22(2)17-27)30(34)21-36-28-16-15-23(3)24(4)18-28/h7-18,25,29H,6,19-21H2,1-5H3,(H,32,35)/t25-,29-/m0/s1. The maximum absolute atomic E-state index is 13.7. The fourth-order valence-corrected chi connectivity index (χ4v) is 4.03. The van der Waals surface area contributed by atoms with Crippen molar-refractivity contribution >= 4 is 11.8 Å². The van der Waals surface area contributed by atoms with E-state index in [2.05, 4.69) is 11.4 Å². The first-order valence-corrected chi connectivity index (χ1v) is 12.7. The molecular weight excluding hydrogens is 448 g/mol. The number of hydrogen-bond acceptors (Lipinski definition) is 3. The second-order valence-corrected chi connectivity index (χ2v) is 9.57. The predicted molar refractivity (Wildman–Crippen MR) is 145 cm³/mol. The lowest BCUT2D eigenvalue weighted by Crippen LogP contribution is -2.53. The quantitative estimate of drug-likeness (QED) is 0.387. The molecule has 0 bridgehead atoms. The number of carbonyl (C=O) groups excluding carboxylic acids is 2. The van der Waals surface area contributed by atoms with E-state index < -0.39 is 6.04 Å². The average molecular weight is 487 g/mol. The summed E-state index contributed by atoms with van der Waals surface area (Å²) in [5, 5.41) is 3.10. The number of carbonyl (C=O) groups is 2. The van der Waals surface area contributed by atoms with Gasteiger partial charge in [-0.3, -0.25) is 9.59 Å². The van der Waals surface area contributed by atoms with Gasteiger partial charge in [-0.15, -0.1) is 0 Å². The molecule has 0 radical (unpaired) electrons. The zero-order chi connectivity index (χ0) is 26.1. The van der Waals surface area contributed by atoms with Crippen LogP contribution in [-0.4, -0.2) is 35.4 Å². The van der Waals surface area contributed by atoms with Crippen LogP contribution in [0.25, 0.3) is 0 Å². The van der Waals surface area contributed by atoms with E-state index in [0.29, 0.717) is 18.7 Å². The summed E-state index contributed by atoms with van der Waals surface area (Å²) in [6.45, 7) is 10.3. The molecule has 0 spiro atoms. The lowest BCUT2D eigenvalue weighted by Gasteiger charge is -2.32. The van der Waals surface area contributed by atoms with Crippen LogP contribution in [0.15, 0.2) is 72.8 Å². The molecule has 5 heteroatoms. The highest BCUT2D eigenvalue weighted by molar-refractivity contribution is 5.88. The van der Waals surface area contributed by atoms with E-state index >= 15 is 0 Å². The Labute approximate surface area is 215 Å². The Morgan fingerprint density at radius 3 is 2.28 bits per heavy atom. The van der Waals surface area contributed by atoms with Crippen LogP contribution in [0.4, 0.5) is 0 Å². The first-order valence-electron chi connectivity index (χ1n) is 12.7. The Balaban J connectivity index is 1.91. The van der Waals surface area contributed by atoms with Gasteiger partial charge in [0, 0.05) is 19.0 Å². The summed E-state index contributed by atoms with van der Waals surface area (Å²) in [5.74, 6) is 0.265. The highest BCUT2D eigenvalue weighted by atomic mass is 16.5. The minimum absolute atomic E-state index is 0.0125. The van der Waals surface area contributed by atoms with Crippen molar-refractivity contribution in [2.45, 2.75) is 66.1 Å².